The van der Waals surface area contributed by atoms with Gasteiger partial charge in [-0.25, -0.2) is 8.42 Å². The molecule has 0 radical (unpaired) electrons. The van der Waals surface area contributed by atoms with Crippen LogP contribution >= 0.6 is 11.8 Å². The maximum Gasteiger partial charge on any atom is 0.148 e. The van der Waals surface area contributed by atoms with Crippen LogP contribution in [-0.4, -0.2) is 39.3 Å². The second-order valence-electron chi connectivity index (χ2n) is 5.48. The molecule has 1 aliphatic rings. The zero-order valence-electron chi connectivity index (χ0n) is 12.6. The van der Waals surface area contributed by atoms with Crippen LogP contribution in [0, 0.1) is 0 Å². The molecule has 1 fully saturated rings. The van der Waals surface area contributed by atoms with Crippen molar-refractivity contribution in [3.05, 3.63) is 29.3 Å². The van der Waals surface area contributed by atoms with Crippen LogP contribution in [0.25, 0.3) is 0 Å². The first-order valence-corrected chi connectivity index (χ1v) is 10.3. The van der Waals surface area contributed by atoms with Crippen LogP contribution in [0.15, 0.2) is 18.2 Å². The molecule has 0 atom stereocenters. The number of ether oxygens (including phenoxy) is 1. The van der Waals surface area contributed by atoms with Gasteiger partial charge in [0.25, 0.3) is 0 Å². The van der Waals surface area contributed by atoms with Crippen molar-refractivity contribution in [2.24, 2.45) is 0 Å². The average Bonchev–Trinajstić information content (AvgIpc) is 3.24. The number of thioether (sulfide) groups is 1. The summed E-state index contributed by atoms with van der Waals surface area (Å²) in [5.41, 5.74) is 2.38. The topological polar surface area (TPSA) is 55.4 Å². The highest BCUT2D eigenvalue weighted by atomic mass is 32.2. The minimum absolute atomic E-state index is 0.225. The first-order valence-electron chi connectivity index (χ1n) is 7.12. The molecular weight excluding hydrogens is 306 g/mol. The maximum atomic E-state index is 11.1. The van der Waals surface area contributed by atoms with Gasteiger partial charge in [0.1, 0.15) is 15.6 Å². The summed E-state index contributed by atoms with van der Waals surface area (Å²) in [5, 5.41) is 3.50. The highest BCUT2D eigenvalue weighted by Crippen LogP contribution is 2.25. The summed E-state index contributed by atoms with van der Waals surface area (Å²) in [6.07, 6.45) is 3.84. The molecule has 0 unspecified atom stereocenters. The summed E-state index contributed by atoms with van der Waals surface area (Å²) in [6.45, 7) is 0.885. The van der Waals surface area contributed by atoms with Gasteiger partial charge in [0, 0.05) is 35.9 Å². The molecule has 0 spiro atoms. The van der Waals surface area contributed by atoms with Crippen molar-refractivity contribution in [2.75, 3.05) is 24.9 Å². The normalized spacial score (nSPS) is 15.1. The van der Waals surface area contributed by atoms with Gasteiger partial charge in [-0.15, -0.1) is 0 Å². The Morgan fingerprint density at radius 1 is 1.38 bits per heavy atom. The molecule has 1 aliphatic carbocycles. The molecule has 1 saturated carbocycles. The van der Waals surface area contributed by atoms with Gasteiger partial charge in [0.05, 0.1) is 12.9 Å². The van der Waals surface area contributed by atoms with Crippen LogP contribution < -0.4 is 10.1 Å². The molecule has 1 N–H and O–H groups in total. The third-order valence-electron chi connectivity index (χ3n) is 3.37. The van der Waals surface area contributed by atoms with Crippen molar-refractivity contribution < 1.29 is 13.2 Å². The van der Waals surface area contributed by atoms with E-state index in [2.05, 4.69) is 17.4 Å². The lowest BCUT2D eigenvalue weighted by Gasteiger charge is -2.11. The molecule has 6 heteroatoms. The smallest absolute Gasteiger partial charge is 0.148 e. The van der Waals surface area contributed by atoms with Crippen molar-refractivity contribution in [2.45, 2.75) is 31.2 Å². The first-order chi connectivity index (χ1) is 9.98. The minimum atomic E-state index is -2.88. The summed E-state index contributed by atoms with van der Waals surface area (Å²) in [6, 6.07) is 6.93. The quantitative estimate of drug-likeness (QED) is 0.704. The van der Waals surface area contributed by atoms with Gasteiger partial charge in [-0.3, -0.25) is 0 Å². The number of hydrogen-bond donors (Lipinski definition) is 1. The Hall–Kier alpha value is -0.720. The lowest BCUT2D eigenvalue weighted by atomic mass is 10.1. The second kappa shape index (κ2) is 7.51. The third kappa shape index (κ3) is 6.28. The van der Waals surface area contributed by atoms with E-state index in [0.717, 1.165) is 23.6 Å². The highest BCUT2D eigenvalue weighted by molar-refractivity contribution is 7.99. The van der Waals surface area contributed by atoms with Crippen LogP contribution in [0.1, 0.15) is 24.0 Å². The zero-order valence-corrected chi connectivity index (χ0v) is 14.2. The monoisotopic (exact) mass is 329 g/mol. The molecular formula is C15H23NO3S2. The van der Waals surface area contributed by atoms with E-state index in [0.29, 0.717) is 11.8 Å². The van der Waals surface area contributed by atoms with E-state index >= 15 is 0 Å². The van der Waals surface area contributed by atoms with Gasteiger partial charge in [-0.05, 0) is 30.5 Å². The Morgan fingerprint density at radius 2 is 2.14 bits per heavy atom. The Bertz CT molecular complexity index is 568. The van der Waals surface area contributed by atoms with E-state index < -0.39 is 9.84 Å². The van der Waals surface area contributed by atoms with Crippen molar-refractivity contribution in [3.63, 3.8) is 0 Å². The lowest BCUT2D eigenvalue weighted by molar-refractivity contribution is 0.411. The summed E-state index contributed by atoms with van der Waals surface area (Å²) >= 11 is 1.63. The molecule has 1 aromatic rings. The molecule has 21 heavy (non-hydrogen) atoms. The predicted octanol–water partition coefficient (Wildman–Crippen LogP) is 2.22. The van der Waals surface area contributed by atoms with E-state index in [1.807, 2.05) is 6.07 Å². The highest BCUT2D eigenvalue weighted by Gasteiger charge is 2.20. The molecule has 0 heterocycles. The first kappa shape index (κ1) is 16.6. The van der Waals surface area contributed by atoms with Gasteiger partial charge >= 0.3 is 0 Å². The Balaban J connectivity index is 1.89. The van der Waals surface area contributed by atoms with Crippen LogP contribution in [0.2, 0.25) is 0 Å². The molecule has 0 saturated heterocycles. The molecule has 0 aliphatic heterocycles. The van der Waals surface area contributed by atoms with E-state index in [1.165, 1.54) is 24.7 Å². The Labute approximate surface area is 131 Å². The lowest BCUT2D eigenvalue weighted by Crippen LogP contribution is -2.15. The van der Waals surface area contributed by atoms with Crippen molar-refractivity contribution in [1.82, 2.24) is 5.32 Å². The maximum absolute atomic E-state index is 11.1. The fourth-order valence-corrected chi connectivity index (χ4v) is 4.27. The molecule has 0 amide bonds. The number of sulfone groups is 1. The van der Waals surface area contributed by atoms with Crippen LogP contribution in [-0.2, 0) is 22.1 Å². The van der Waals surface area contributed by atoms with E-state index in [4.69, 9.17) is 4.74 Å². The van der Waals surface area contributed by atoms with Crippen LogP contribution in [0.5, 0.6) is 5.75 Å². The minimum Gasteiger partial charge on any atom is -0.496 e. The fourth-order valence-electron chi connectivity index (χ4n) is 2.00. The Kier molecular flexibility index (Phi) is 5.96. The van der Waals surface area contributed by atoms with Gasteiger partial charge in [0.2, 0.25) is 0 Å². The van der Waals surface area contributed by atoms with E-state index in [-0.39, 0.29) is 5.75 Å². The summed E-state index contributed by atoms with van der Waals surface area (Å²) < 4.78 is 27.6. The van der Waals surface area contributed by atoms with E-state index in [1.54, 1.807) is 18.9 Å². The third-order valence-corrected chi connectivity index (χ3v) is 5.59. The Morgan fingerprint density at radius 3 is 2.76 bits per heavy atom. The standard InChI is InChI=1S/C15H23NO3S2/c1-19-15-6-3-12(10-16-14-4-5-14)9-13(15)11-20-7-8-21(2,17)18/h3,6,9,14,16H,4-5,7-8,10-11H2,1-2H3. The second-order valence-corrected chi connectivity index (χ2v) is 8.85. The summed E-state index contributed by atoms with van der Waals surface area (Å²) in [4.78, 5) is 0. The van der Waals surface area contributed by atoms with Gasteiger partial charge in [-0.1, -0.05) is 6.07 Å². The zero-order chi connectivity index (χ0) is 15.3. The van der Waals surface area contributed by atoms with Crippen molar-refractivity contribution in [3.8, 4) is 5.75 Å². The largest absolute Gasteiger partial charge is 0.496 e. The van der Waals surface area contributed by atoms with Gasteiger partial charge in [0.15, 0.2) is 0 Å². The number of benzene rings is 1. The summed E-state index contributed by atoms with van der Waals surface area (Å²) in [7, 11) is -1.21. The number of methoxy groups -OCH3 is 1. The number of hydrogen-bond acceptors (Lipinski definition) is 5. The molecule has 0 aromatic heterocycles. The van der Waals surface area contributed by atoms with Gasteiger partial charge in [-0.2, -0.15) is 11.8 Å². The van der Waals surface area contributed by atoms with Gasteiger partial charge < -0.3 is 10.1 Å². The van der Waals surface area contributed by atoms with Crippen molar-refractivity contribution in [1.29, 1.82) is 0 Å². The number of rotatable bonds is 9. The molecule has 4 nitrogen and oxygen atoms in total. The average molecular weight is 329 g/mol. The molecule has 118 valence electrons. The van der Waals surface area contributed by atoms with E-state index in [9.17, 15) is 8.42 Å². The molecule has 1 aromatic carbocycles. The number of nitrogens with one attached hydrogen (secondary N) is 1. The fraction of sp³-hybridized carbons (Fsp3) is 0.600. The van der Waals surface area contributed by atoms with Crippen molar-refractivity contribution >= 4 is 21.6 Å². The van der Waals surface area contributed by atoms with Crippen LogP contribution in [0.3, 0.4) is 0 Å². The molecule has 2 rings (SSSR count). The summed E-state index contributed by atoms with van der Waals surface area (Å²) in [5.74, 6) is 2.49. The predicted molar refractivity (Wildman–Crippen MR) is 88.7 cm³/mol. The molecule has 0 bridgehead atoms. The SMILES string of the molecule is COc1ccc(CNC2CC2)cc1CSCCS(C)(=O)=O. The van der Waals surface area contributed by atoms with Crippen LogP contribution in [0.4, 0.5) is 0 Å².